The molecule has 0 atom stereocenters. The summed E-state index contributed by atoms with van der Waals surface area (Å²) in [6.45, 7) is 51.5. The molecule has 0 saturated carbocycles. The third kappa shape index (κ3) is 15.7. The van der Waals surface area contributed by atoms with Crippen molar-refractivity contribution < 1.29 is 0 Å². The van der Waals surface area contributed by atoms with Gasteiger partial charge >= 0.3 is 0 Å². The minimum atomic E-state index is 0.526. The fourth-order valence-electron chi connectivity index (χ4n) is 10.8. The molecule has 8 heteroatoms. The highest BCUT2D eigenvalue weighted by molar-refractivity contribution is 14.2. The van der Waals surface area contributed by atoms with Crippen molar-refractivity contribution >= 4 is 83.0 Å². The predicted octanol–water partition coefficient (Wildman–Crippen LogP) is 19.4. The minimum absolute atomic E-state index is 0.526. The molecule has 7 rings (SSSR count). The summed E-state index contributed by atoms with van der Waals surface area (Å²) in [6, 6.07) is 23.3. The lowest BCUT2D eigenvalue weighted by molar-refractivity contribution is 0.795. The molecule has 2 aliphatic heterocycles. The normalized spacial score (nSPS) is 13.6. The molecule has 0 spiro atoms. The first-order valence-electron chi connectivity index (χ1n) is 26.0. The third-order valence-corrected chi connectivity index (χ3v) is 17.6. The summed E-state index contributed by atoms with van der Waals surface area (Å²) in [5.74, 6) is 3.40. The van der Waals surface area contributed by atoms with Crippen LogP contribution in [0.4, 0.5) is 22.7 Å². The molecule has 2 fully saturated rings. The zero-order valence-corrected chi connectivity index (χ0v) is 53.0. The van der Waals surface area contributed by atoms with Crippen molar-refractivity contribution in [2.24, 2.45) is 0 Å². The molecular formula is C62H90I2N4S2. The van der Waals surface area contributed by atoms with E-state index in [-0.39, 0.29) is 0 Å². The van der Waals surface area contributed by atoms with E-state index in [0.29, 0.717) is 23.7 Å². The zero-order valence-electron chi connectivity index (χ0n) is 47.1. The van der Waals surface area contributed by atoms with Crippen LogP contribution in [0.2, 0.25) is 0 Å². The Kier molecular flexibility index (Phi) is 23.7. The van der Waals surface area contributed by atoms with E-state index in [9.17, 15) is 0 Å². The second-order valence-corrected chi connectivity index (χ2v) is 26.0. The van der Waals surface area contributed by atoms with Crippen molar-refractivity contribution in [3.8, 4) is 0 Å². The Morgan fingerprint density at radius 2 is 0.629 bits per heavy atom. The van der Waals surface area contributed by atoms with E-state index in [1.54, 1.807) is 8.93 Å². The third-order valence-electron chi connectivity index (χ3n) is 13.6. The topological polar surface area (TPSA) is 13.0 Å². The summed E-state index contributed by atoms with van der Waals surface area (Å²) in [4.78, 5) is 11.8. The monoisotopic (exact) mass is 1210 g/mol. The number of benzene rings is 5. The number of anilines is 4. The van der Waals surface area contributed by atoms with E-state index in [4.69, 9.17) is 0 Å². The van der Waals surface area contributed by atoms with Crippen LogP contribution in [0.1, 0.15) is 176 Å². The van der Waals surface area contributed by atoms with Crippen molar-refractivity contribution in [3.05, 3.63) is 144 Å². The molecule has 4 nitrogen and oxygen atoms in total. The molecule has 5 aromatic carbocycles. The summed E-state index contributed by atoms with van der Waals surface area (Å²) < 4.78 is 0. The van der Waals surface area contributed by atoms with E-state index < -0.39 is 0 Å². The van der Waals surface area contributed by atoms with Crippen molar-refractivity contribution in [3.63, 3.8) is 0 Å². The number of halogens is 2. The standard InChI is InChI=1S/C29H44N2.C21H28N2.C9H11IS.C3H7IS/c1-18(2)24-13-22(9)14-25(19(3)4)28(24)30-11-12-31(17-30)29-26(20(5)6)15-23(10)16-27(29)21(7)8;1-14-9-16(3)20(17(4)10-14)22-7-8-23(13-22)21-18(5)11-15(2)12-19(21)6;1-6-4-7(2)9(11-10)8(3)5-6;1-2-3-5-4/h13-16,18-21H,11-12,17H2,1-10H3;9-12H,7-8,13H2,1-6H3;4-5H,1-3H3;2-3H2,1H3. The molecule has 2 aliphatic rings. The summed E-state index contributed by atoms with van der Waals surface area (Å²) in [5, 5.41) is 0. The smallest absolute Gasteiger partial charge is 0.0904 e. The average molecular weight is 1210 g/mol. The van der Waals surface area contributed by atoms with Crippen LogP contribution in [-0.2, 0) is 0 Å². The maximum atomic E-state index is 2.65. The van der Waals surface area contributed by atoms with Crippen LogP contribution in [0.25, 0.3) is 0 Å². The van der Waals surface area contributed by atoms with Gasteiger partial charge < -0.3 is 19.6 Å². The van der Waals surface area contributed by atoms with Crippen LogP contribution in [0.15, 0.2) is 65.6 Å². The molecule has 0 unspecified atom stereocenters. The van der Waals surface area contributed by atoms with Gasteiger partial charge in [-0.3, -0.25) is 0 Å². The highest BCUT2D eigenvalue weighted by atomic mass is 127. The van der Waals surface area contributed by atoms with Gasteiger partial charge in [0.15, 0.2) is 0 Å². The Morgan fingerprint density at radius 1 is 0.386 bits per heavy atom. The number of hydrogen-bond donors (Lipinski definition) is 0. The molecule has 0 N–H and O–H groups in total. The van der Waals surface area contributed by atoms with Crippen LogP contribution < -0.4 is 19.6 Å². The largest absolute Gasteiger partial charge is 0.352 e. The molecule has 384 valence electrons. The number of hydrogen-bond acceptors (Lipinski definition) is 6. The van der Waals surface area contributed by atoms with Crippen LogP contribution in [0, 0.1) is 76.2 Å². The lowest BCUT2D eigenvalue weighted by Gasteiger charge is -2.31. The van der Waals surface area contributed by atoms with Crippen molar-refractivity contribution in [2.75, 3.05) is 64.9 Å². The first-order chi connectivity index (χ1) is 32.9. The van der Waals surface area contributed by atoms with Crippen LogP contribution in [0.3, 0.4) is 0 Å². The summed E-state index contributed by atoms with van der Waals surface area (Å²) in [7, 11) is 3.67. The highest BCUT2D eigenvalue weighted by Crippen LogP contribution is 2.42. The van der Waals surface area contributed by atoms with E-state index in [0.717, 1.165) is 39.5 Å². The second-order valence-electron chi connectivity index (χ2n) is 21.7. The molecule has 0 amide bonds. The number of aryl methyl sites for hydroxylation is 11. The summed E-state index contributed by atoms with van der Waals surface area (Å²) in [6.07, 6.45) is 1.30. The quantitative estimate of drug-likeness (QED) is 0.121. The maximum Gasteiger partial charge on any atom is 0.0904 e. The molecule has 0 radical (unpaired) electrons. The molecular weight excluding hydrogens is 1120 g/mol. The van der Waals surface area contributed by atoms with Gasteiger partial charge in [-0.2, -0.15) is 0 Å². The molecule has 2 heterocycles. The molecule has 0 aliphatic carbocycles. The van der Waals surface area contributed by atoms with Gasteiger partial charge in [0.2, 0.25) is 0 Å². The molecule has 0 aromatic heterocycles. The minimum Gasteiger partial charge on any atom is -0.352 e. The molecule has 2 saturated heterocycles. The Balaban J connectivity index is 0.000000237. The van der Waals surface area contributed by atoms with Gasteiger partial charge in [-0.05, 0) is 183 Å². The van der Waals surface area contributed by atoms with Gasteiger partial charge in [-0.15, -0.1) is 0 Å². The van der Waals surface area contributed by atoms with Gasteiger partial charge in [-0.1, -0.05) is 169 Å². The first kappa shape index (κ1) is 60.0. The predicted molar refractivity (Wildman–Crippen MR) is 336 cm³/mol. The lowest BCUT2D eigenvalue weighted by atomic mass is 9.89. The SMILES string of the molecule is CCCSI.Cc1cc(C(C)C)c(N2CCN(c3c(C(C)C)cc(C)cc3C(C)C)C2)c(C(C)C)c1.Cc1cc(C)c(N2CCN(c3c(C)cc(C)cc3C)C2)c(C)c1.Cc1cc(C)c(SI)c(C)c1. The molecule has 0 bridgehead atoms. The Morgan fingerprint density at radius 3 is 0.843 bits per heavy atom. The maximum absolute atomic E-state index is 2.65. The fraction of sp³-hybridized carbons (Fsp3) is 0.516. The molecule has 5 aromatic rings. The van der Waals surface area contributed by atoms with E-state index >= 15 is 0 Å². The van der Waals surface area contributed by atoms with E-state index in [1.165, 1.54) is 123 Å². The van der Waals surface area contributed by atoms with Gasteiger partial charge in [0.1, 0.15) is 0 Å². The van der Waals surface area contributed by atoms with Crippen LogP contribution in [-0.4, -0.2) is 45.3 Å². The Hall–Kier alpha value is -2.54. The van der Waals surface area contributed by atoms with Crippen molar-refractivity contribution in [1.82, 2.24) is 0 Å². The van der Waals surface area contributed by atoms with E-state index in [2.05, 4.69) is 261 Å². The van der Waals surface area contributed by atoms with Crippen molar-refractivity contribution in [2.45, 2.75) is 173 Å². The highest BCUT2D eigenvalue weighted by Gasteiger charge is 2.30. The summed E-state index contributed by atoms with van der Waals surface area (Å²) in [5.41, 5.74) is 27.0. The number of nitrogens with zero attached hydrogens (tertiary/aromatic N) is 4. The van der Waals surface area contributed by atoms with Gasteiger partial charge in [0, 0.05) is 80.8 Å². The van der Waals surface area contributed by atoms with Gasteiger partial charge in [-0.25, -0.2) is 0 Å². The number of rotatable bonds is 11. The summed E-state index contributed by atoms with van der Waals surface area (Å²) >= 11 is 4.64. The van der Waals surface area contributed by atoms with Gasteiger partial charge in [0.25, 0.3) is 0 Å². The zero-order chi connectivity index (χ0) is 52.3. The Bertz CT molecular complexity index is 2240. The Labute approximate surface area is 461 Å². The lowest BCUT2D eigenvalue weighted by Crippen LogP contribution is -2.28. The van der Waals surface area contributed by atoms with E-state index in [1.807, 2.05) is 8.93 Å². The first-order valence-corrected chi connectivity index (χ1v) is 32.9. The average Bonchev–Trinajstić information content (AvgIpc) is 3.94. The second kappa shape index (κ2) is 27.7. The molecule has 70 heavy (non-hydrogen) atoms. The van der Waals surface area contributed by atoms with Crippen molar-refractivity contribution in [1.29, 1.82) is 0 Å². The van der Waals surface area contributed by atoms with Crippen LogP contribution >= 0.6 is 60.3 Å². The fourth-order valence-corrected chi connectivity index (χ4v) is 14.7. The van der Waals surface area contributed by atoms with Gasteiger partial charge in [0.05, 0.1) is 13.3 Å². The van der Waals surface area contributed by atoms with Crippen LogP contribution in [0.5, 0.6) is 0 Å².